The first kappa shape index (κ1) is 30.9. The number of carbonyl (C=O) groups is 1. The molecular weight excluding hydrogens is 586 g/mol. The number of nitrogens with zero attached hydrogens (tertiary/aromatic N) is 1. The zero-order chi connectivity index (χ0) is 31.7. The third kappa shape index (κ3) is 7.29. The Morgan fingerprint density at radius 1 is 1.09 bits per heavy atom. The predicted octanol–water partition coefficient (Wildman–Crippen LogP) is 6.14. The zero-order valence-electron chi connectivity index (χ0n) is 26.5. The van der Waals surface area contributed by atoms with Crippen molar-refractivity contribution in [1.29, 1.82) is 0 Å². The molecule has 0 unspecified atom stereocenters. The van der Waals surface area contributed by atoms with E-state index < -0.39 is 11.7 Å². The SMILES string of the molecule is C[C@H]1CN(CCC2(O)CCC(NC(=O)Oc3cc4c(OCc5coc6cc(OCC7CC7)ccc56)cccc4[nH]3)CC2)CC[C@@H]1O. The number of piperidine rings is 1. The largest absolute Gasteiger partial charge is 0.493 e. The number of rotatable bonds is 11. The van der Waals surface area contributed by atoms with E-state index >= 15 is 0 Å². The number of likely N-dealkylation sites (tertiary alicyclic amines) is 1. The van der Waals surface area contributed by atoms with Crippen LogP contribution in [-0.2, 0) is 6.61 Å². The van der Waals surface area contributed by atoms with Crippen molar-refractivity contribution in [1.82, 2.24) is 15.2 Å². The van der Waals surface area contributed by atoms with Gasteiger partial charge in [-0.05, 0) is 87.5 Å². The van der Waals surface area contributed by atoms with Gasteiger partial charge in [-0.1, -0.05) is 13.0 Å². The number of aromatic nitrogens is 1. The van der Waals surface area contributed by atoms with E-state index in [1.54, 1.807) is 12.3 Å². The molecule has 7 rings (SSSR count). The number of carbonyl (C=O) groups excluding carboxylic acids is 1. The maximum absolute atomic E-state index is 12.8. The lowest BCUT2D eigenvalue weighted by atomic mass is 9.80. The summed E-state index contributed by atoms with van der Waals surface area (Å²) >= 11 is 0. The lowest BCUT2D eigenvalue weighted by Gasteiger charge is -2.39. The number of fused-ring (bicyclic) bond motifs is 2. The highest BCUT2D eigenvalue weighted by atomic mass is 16.6. The lowest BCUT2D eigenvalue weighted by molar-refractivity contribution is -0.0271. The highest BCUT2D eigenvalue weighted by molar-refractivity contribution is 5.88. The Morgan fingerprint density at radius 3 is 2.74 bits per heavy atom. The fourth-order valence-electron chi connectivity index (χ4n) is 6.84. The first-order valence-corrected chi connectivity index (χ1v) is 16.8. The highest BCUT2D eigenvalue weighted by Gasteiger charge is 2.35. The minimum Gasteiger partial charge on any atom is -0.493 e. The Kier molecular flexibility index (Phi) is 8.85. The van der Waals surface area contributed by atoms with Crippen LogP contribution in [0.2, 0.25) is 0 Å². The summed E-state index contributed by atoms with van der Waals surface area (Å²) in [5.41, 5.74) is 1.79. The van der Waals surface area contributed by atoms with Crippen LogP contribution in [0.4, 0.5) is 4.79 Å². The number of aliphatic hydroxyl groups is 2. The average Bonchev–Trinajstić information content (AvgIpc) is 3.66. The molecule has 0 bridgehead atoms. The van der Waals surface area contributed by atoms with Crippen LogP contribution in [0.1, 0.15) is 63.9 Å². The number of amides is 1. The highest BCUT2D eigenvalue weighted by Crippen LogP contribution is 2.34. The van der Waals surface area contributed by atoms with Crippen LogP contribution in [0, 0.1) is 11.8 Å². The van der Waals surface area contributed by atoms with Crippen LogP contribution >= 0.6 is 0 Å². The van der Waals surface area contributed by atoms with Gasteiger partial charge >= 0.3 is 6.09 Å². The molecule has 1 aliphatic heterocycles. The van der Waals surface area contributed by atoms with Gasteiger partial charge in [0, 0.05) is 54.1 Å². The van der Waals surface area contributed by atoms with Crippen LogP contribution in [0.3, 0.4) is 0 Å². The van der Waals surface area contributed by atoms with Crippen LogP contribution in [-0.4, -0.2) is 70.2 Å². The summed E-state index contributed by atoms with van der Waals surface area (Å²) in [6, 6.07) is 13.4. The second-order valence-corrected chi connectivity index (χ2v) is 13.7. The molecule has 10 heteroatoms. The molecular formula is C36H45N3O7. The van der Waals surface area contributed by atoms with Gasteiger partial charge in [0.05, 0.1) is 30.1 Å². The topological polar surface area (TPSA) is 129 Å². The molecule has 2 aromatic carbocycles. The normalized spacial score (nSPS) is 25.5. The van der Waals surface area contributed by atoms with Crippen molar-refractivity contribution in [2.24, 2.45) is 11.8 Å². The van der Waals surface area contributed by atoms with Gasteiger partial charge in [0.2, 0.25) is 5.88 Å². The van der Waals surface area contributed by atoms with Crippen molar-refractivity contribution in [3.8, 4) is 17.4 Å². The number of aliphatic hydroxyl groups excluding tert-OH is 1. The summed E-state index contributed by atoms with van der Waals surface area (Å²) in [7, 11) is 0. The lowest BCUT2D eigenvalue weighted by Crippen LogP contribution is -2.47. The van der Waals surface area contributed by atoms with Crippen LogP contribution in [0.25, 0.3) is 21.9 Å². The summed E-state index contributed by atoms with van der Waals surface area (Å²) in [4.78, 5) is 18.3. The molecule has 46 heavy (non-hydrogen) atoms. The molecule has 2 atom stereocenters. The van der Waals surface area contributed by atoms with Gasteiger partial charge < -0.3 is 44.0 Å². The monoisotopic (exact) mass is 631 g/mol. The quantitative estimate of drug-likeness (QED) is 0.156. The summed E-state index contributed by atoms with van der Waals surface area (Å²) in [5, 5.41) is 25.9. The molecule has 1 amide bonds. The van der Waals surface area contributed by atoms with Crippen molar-refractivity contribution in [3.05, 3.63) is 54.3 Å². The number of nitrogens with one attached hydrogen (secondary N) is 2. The van der Waals surface area contributed by atoms with Gasteiger partial charge in [-0.3, -0.25) is 0 Å². The number of benzene rings is 2. The van der Waals surface area contributed by atoms with E-state index in [1.165, 1.54) is 12.8 Å². The van der Waals surface area contributed by atoms with Gasteiger partial charge in [0.25, 0.3) is 0 Å². The first-order valence-electron chi connectivity index (χ1n) is 16.8. The molecule has 0 spiro atoms. The van der Waals surface area contributed by atoms with Gasteiger partial charge in [-0.25, -0.2) is 4.79 Å². The summed E-state index contributed by atoms with van der Waals surface area (Å²) in [6.45, 7) is 5.73. The number of aromatic amines is 1. The minimum absolute atomic E-state index is 0.0492. The van der Waals surface area contributed by atoms with Gasteiger partial charge in [0.1, 0.15) is 23.7 Å². The average molecular weight is 632 g/mol. The molecule has 2 aromatic heterocycles. The van der Waals surface area contributed by atoms with E-state index in [2.05, 4.69) is 22.1 Å². The standard InChI is InChI=1S/C36H45N3O7/c1-23-19-39(15-11-31(23)40)16-14-36(42)12-9-26(10-13-36)37-35(41)46-34-18-29-30(38-34)3-2-4-32(29)44-21-25-22-45-33-17-27(7-8-28(25)33)43-20-24-5-6-24/h2-4,7-8,17-18,22-24,26,31,38,40,42H,5-6,9-16,19-21H2,1H3,(H,37,41)/t23-,26?,31-,36?/m0/s1. The Morgan fingerprint density at radius 2 is 1.93 bits per heavy atom. The molecule has 1 saturated heterocycles. The van der Waals surface area contributed by atoms with E-state index in [1.807, 2.05) is 36.4 Å². The molecule has 3 heterocycles. The van der Waals surface area contributed by atoms with Crippen molar-refractivity contribution in [3.63, 3.8) is 0 Å². The molecule has 246 valence electrons. The van der Waals surface area contributed by atoms with E-state index in [-0.39, 0.29) is 18.1 Å². The van der Waals surface area contributed by atoms with Crippen molar-refractivity contribution < 1.29 is 33.6 Å². The maximum Gasteiger partial charge on any atom is 0.414 e. The Hall–Kier alpha value is -3.73. The molecule has 10 nitrogen and oxygen atoms in total. The molecule has 0 radical (unpaired) electrons. The van der Waals surface area contributed by atoms with Crippen LogP contribution in [0.15, 0.2) is 53.1 Å². The van der Waals surface area contributed by atoms with E-state index in [0.717, 1.165) is 65.8 Å². The van der Waals surface area contributed by atoms with Crippen LogP contribution in [0.5, 0.6) is 17.4 Å². The number of H-pyrrole nitrogens is 1. The van der Waals surface area contributed by atoms with E-state index in [0.29, 0.717) is 56.3 Å². The summed E-state index contributed by atoms with van der Waals surface area (Å²) in [5.74, 6) is 2.78. The van der Waals surface area contributed by atoms with Gasteiger partial charge in [0.15, 0.2) is 0 Å². The van der Waals surface area contributed by atoms with E-state index in [9.17, 15) is 15.0 Å². The third-order valence-electron chi connectivity index (χ3n) is 10.1. The second kappa shape index (κ2) is 13.2. The predicted molar refractivity (Wildman–Crippen MR) is 174 cm³/mol. The molecule has 2 saturated carbocycles. The zero-order valence-corrected chi connectivity index (χ0v) is 26.5. The summed E-state index contributed by atoms with van der Waals surface area (Å²) < 4.78 is 23.5. The van der Waals surface area contributed by atoms with Crippen molar-refractivity contribution in [2.45, 2.75) is 82.6 Å². The number of ether oxygens (including phenoxy) is 3. The van der Waals surface area contributed by atoms with Crippen molar-refractivity contribution in [2.75, 3.05) is 26.2 Å². The second-order valence-electron chi connectivity index (χ2n) is 13.7. The minimum atomic E-state index is -0.718. The fourth-order valence-corrected chi connectivity index (χ4v) is 6.84. The molecule has 2 aliphatic carbocycles. The number of hydrogen-bond donors (Lipinski definition) is 4. The first-order chi connectivity index (χ1) is 22.3. The maximum atomic E-state index is 12.8. The fraction of sp³-hybridized carbons (Fsp3) is 0.528. The Labute approximate surface area is 269 Å². The van der Waals surface area contributed by atoms with Gasteiger partial charge in [-0.2, -0.15) is 0 Å². The summed E-state index contributed by atoms with van der Waals surface area (Å²) in [6.07, 6.45) is 7.65. The third-order valence-corrected chi connectivity index (χ3v) is 10.1. The van der Waals surface area contributed by atoms with Crippen LogP contribution < -0.4 is 19.5 Å². The number of hydrogen-bond acceptors (Lipinski definition) is 8. The molecule has 4 aromatic rings. The molecule has 4 N–H and O–H groups in total. The Bertz CT molecular complexity index is 1650. The molecule has 3 aliphatic rings. The number of furan rings is 1. The van der Waals surface area contributed by atoms with E-state index in [4.69, 9.17) is 18.6 Å². The molecule has 3 fully saturated rings. The van der Waals surface area contributed by atoms with Crippen molar-refractivity contribution >= 4 is 28.0 Å². The smallest absolute Gasteiger partial charge is 0.414 e. The van der Waals surface area contributed by atoms with Gasteiger partial charge in [-0.15, -0.1) is 0 Å². The Balaban J connectivity index is 0.896.